The number of hydrogen-bond donors (Lipinski definition) is 2. The van der Waals surface area contributed by atoms with Crippen molar-refractivity contribution >= 4 is 48.9 Å². The SMILES string of the molecule is CC1=C([Si](C)(C)CCO)C([SiH2]C2=C(Cl)CC(C)=C2[Si](C)(C)CCO)=C(Cl)C1.[Zr]. The predicted molar refractivity (Wildman–Crippen MR) is 128 cm³/mol. The Labute approximate surface area is 204 Å². The van der Waals surface area contributed by atoms with E-state index in [4.69, 9.17) is 23.2 Å². The molecule has 156 valence electrons. The molecule has 0 aromatic carbocycles. The molecule has 2 nitrogen and oxygen atoms in total. The first-order chi connectivity index (χ1) is 12.5. The van der Waals surface area contributed by atoms with Gasteiger partial charge in [-0.15, -0.1) is 0 Å². The molecule has 0 aliphatic heterocycles. The van der Waals surface area contributed by atoms with E-state index in [1.54, 1.807) is 0 Å². The molecule has 28 heavy (non-hydrogen) atoms. The van der Waals surface area contributed by atoms with Gasteiger partial charge in [-0.25, -0.2) is 0 Å². The van der Waals surface area contributed by atoms with Crippen molar-refractivity contribution in [3.05, 3.63) is 42.0 Å². The van der Waals surface area contributed by atoms with Crippen LogP contribution in [0, 0.1) is 0 Å². The molecule has 0 aromatic rings. The van der Waals surface area contributed by atoms with Crippen molar-refractivity contribution in [2.75, 3.05) is 13.2 Å². The molecule has 0 saturated heterocycles. The van der Waals surface area contributed by atoms with E-state index in [0.717, 1.165) is 35.0 Å². The maximum Gasteiger partial charge on any atom is 0.0902 e. The Morgan fingerprint density at radius 3 is 1.39 bits per heavy atom. The van der Waals surface area contributed by atoms with Gasteiger partial charge >= 0.3 is 0 Å². The fourth-order valence-electron chi connectivity index (χ4n) is 4.97. The fourth-order valence-corrected chi connectivity index (χ4v) is 17.5. The zero-order valence-electron chi connectivity index (χ0n) is 18.1. The molecule has 2 N–H and O–H groups in total. The molecule has 2 aliphatic rings. The Kier molecular flexibility index (Phi) is 10.2. The summed E-state index contributed by atoms with van der Waals surface area (Å²) >= 11 is 13.6. The summed E-state index contributed by atoms with van der Waals surface area (Å²) in [6.45, 7) is 14.3. The number of aliphatic hydroxyl groups excluding tert-OH is 2. The standard InChI is InChI=1S/C20H34Cl2O2Si3.Zr/c1-13-11-15(21)17(19(13)26(3,4)9-7-23)25-18-16(22)12-14(2)20(18)27(5,6)10-8-24;/h23-24H,7-12,25H2,1-6H3;. The average molecular weight is 553 g/mol. The van der Waals surface area contributed by atoms with E-state index in [2.05, 4.69) is 40.0 Å². The number of aliphatic hydroxyl groups is 2. The van der Waals surface area contributed by atoms with Gasteiger partial charge in [0.2, 0.25) is 0 Å². The van der Waals surface area contributed by atoms with Crippen molar-refractivity contribution in [1.29, 1.82) is 0 Å². The van der Waals surface area contributed by atoms with Crippen LogP contribution in [0.3, 0.4) is 0 Å². The third-order valence-electron chi connectivity index (χ3n) is 6.13. The maximum atomic E-state index is 9.59. The monoisotopic (exact) mass is 550 g/mol. The molecule has 0 spiro atoms. The summed E-state index contributed by atoms with van der Waals surface area (Å²) in [5, 5.41) is 27.0. The predicted octanol–water partition coefficient (Wildman–Crippen LogP) is 4.97. The van der Waals surface area contributed by atoms with E-state index < -0.39 is 25.7 Å². The van der Waals surface area contributed by atoms with Gasteiger partial charge < -0.3 is 10.2 Å². The van der Waals surface area contributed by atoms with Crippen LogP contribution < -0.4 is 0 Å². The second kappa shape index (κ2) is 10.5. The van der Waals surface area contributed by atoms with Gasteiger partial charge in [-0.3, -0.25) is 0 Å². The summed E-state index contributed by atoms with van der Waals surface area (Å²) < 4.78 is 0. The first-order valence-corrected chi connectivity index (χ1v) is 18.4. The van der Waals surface area contributed by atoms with Crippen LogP contribution in [0.1, 0.15) is 26.7 Å². The first kappa shape index (κ1) is 27.0. The molecule has 0 fully saturated rings. The number of allylic oxidation sites excluding steroid dienone is 8. The Balaban J connectivity index is 0.00000392. The Hall–Kier alpha value is 0.994. The molecule has 0 saturated carbocycles. The Morgan fingerprint density at radius 2 is 1.11 bits per heavy atom. The van der Waals surface area contributed by atoms with Crippen molar-refractivity contribution < 1.29 is 36.4 Å². The van der Waals surface area contributed by atoms with Gasteiger partial charge in [0.25, 0.3) is 0 Å². The van der Waals surface area contributed by atoms with Crippen molar-refractivity contribution in [2.45, 2.75) is 65.0 Å². The topological polar surface area (TPSA) is 40.5 Å². The van der Waals surface area contributed by atoms with Crippen LogP contribution in [0.15, 0.2) is 42.0 Å². The molecule has 8 heteroatoms. The van der Waals surface area contributed by atoms with E-state index >= 15 is 0 Å². The number of halogens is 2. The molecule has 0 unspecified atom stereocenters. The molecule has 0 heterocycles. The molecule has 0 bridgehead atoms. The van der Waals surface area contributed by atoms with Crippen LogP contribution in [-0.4, -0.2) is 49.1 Å². The van der Waals surface area contributed by atoms with Crippen LogP contribution in [0.25, 0.3) is 0 Å². The van der Waals surface area contributed by atoms with Gasteiger partial charge in [0.15, 0.2) is 0 Å². The summed E-state index contributed by atoms with van der Waals surface area (Å²) in [6.07, 6.45) is 1.73. The van der Waals surface area contributed by atoms with Crippen LogP contribution in [0.4, 0.5) is 0 Å². The molecule has 2 rings (SSSR count). The fraction of sp³-hybridized carbons (Fsp3) is 0.600. The van der Waals surface area contributed by atoms with Crippen molar-refractivity contribution in [1.82, 2.24) is 0 Å². The van der Waals surface area contributed by atoms with E-state index in [0.29, 0.717) is 0 Å². The summed E-state index contributed by atoms with van der Waals surface area (Å²) in [5.74, 6) is 0. The quantitative estimate of drug-likeness (QED) is 0.418. The largest absolute Gasteiger partial charge is 0.397 e. The molecule has 0 atom stereocenters. The van der Waals surface area contributed by atoms with Gasteiger partial charge in [-0.1, -0.05) is 70.9 Å². The van der Waals surface area contributed by atoms with E-state index in [1.165, 1.54) is 31.9 Å². The molecular weight excluding hydrogens is 519 g/mol. The zero-order chi connectivity index (χ0) is 20.6. The summed E-state index contributed by atoms with van der Waals surface area (Å²) in [6, 6.07) is 1.75. The normalized spacial score (nSPS) is 18.6. The Bertz CT molecular complexity index is 691. The minimum atomic E-state index is -1.72. The van der Waals surface area contributed by atoms with Crippen LogP contribution in [0.5, 0.6) is 0 Å². The average Bonchev–Trinajstić information content (AvgIpc) is 2.96. The van der Waals surface area contributed by atoms with Gasteiger partial charge in [0, 0.05) is 62.3 Å². The van der Waals surface area contributed by atoms with Crippen molar-refractivity contribution in [3.8, 4) is 0 Å². The minimum Gasteiger partial charge on any atom is -0.397 e. The molecular formula is C20H34Cl2O2Si3Zr. The molecule has 0 amide bonds. The molecule has 0 radical (unpaired) electrons. The van der Waals surface area contributed by atoms with E-state index in [1.807, 2.05) is 0 Å². The summed E-state index contributed by atoms with van der Waals surface area (Å²) in [4.78, 5) is 0. The van der Waals surface area contributed by atoms with Gasteiger partial charge in [0.1, 0.15) is 0 Å². The summed E-state index contributed by atoms with van der Waals surface area (Å²) in [7, 11) is -4.24. The van der Waals surface area contributed by atoms with E-state index in [9.17, 15) is 10.2 Å². The maximum absolute atomic E-state index is 9.59. The first-order valence-electron chi connectivity index (χ1n) is 9.84. The number of rotatable bonds is 8. The second-order valence-electron chi connectivity index (χ2n) is 9.32. The second-order valence-corrected chi connectivity index (χ2v) is 21.5. The van der Waals surface area contributed by atoms with Gasteiger partial charge in [-0.2, -0.15) is 0 Å². The van der Waals surface area contributed by atoms with E-state index in [-0.39, 0.29) is 39.4 Å². The van der Waals surface area contributed by atoms with Crippen LogP contribution in [-0.2, 0) is 26.2 Å². The van der Waals surface area contributed by atoms with Gasteiger partial charge in [-0.05, 0) is 36.3 Å². The van der Waals surface area contributed by atoms with Crippen LogP contribution >= 0.6 is 23.2 Å². The van der Waals surface area contributed by atoms with Crippen molar-refractivity contribution in [3.63, 3.8) is 0 Å². The Morgan fingerprint density at radius 1 is 0.786 bits per heavy atom. The minimum absolute atomic E-state index is 0. The molecule has 2 aliphatic carbocycles. The third-order valence-corrected chi connectivity index (χ3v) is 17.4. The van der Waals surface area contributed by atoms with Crippen molar-refractivity contribution in [2.24, 2.45) is 0 Å². The smallest absolute Gasteiger partial charge is 0.0902 e. The number of hydrogen-bond acceptors (Lipinski definition) is 2. The van der Waals surface area contributed by atoms with Crippen LogP contribution in [0.2, 0.25) is 38.3 Å². The third kappa shape index (κ3) is 5.61. The zero-order valence-corrected chi connectivity index (χ0v) is 25.5. The molecule has 0 aromatic heterocycles. The van der Waals surface area contributed by atoms with Gasteiger partial charge in [0.05, 0.1) is 25.7 Å². The summed E-state index contributed by atoms with van der Waals surface area (Å²) in [5.41, 5.74) is 2.80.